The van der Waals surface area contributed by atoms with Crippen LogP contribution in [0.3, 0.4) is 0 Å². The lowest BCUT2D eigenvalue weighted by Crippen LogP contribution is -1.83. The van der Waals surface area contributed by atoms with E-state index in [1.807, 2.05) is 0 Å². The highest BCUT2D eigenvalue weighted by atomic mass is 16.2. The first kappa shape index (κ1) is 16.4. The van der Waals surface area contributed by atoms with Crippen LogP contribution in [0.5, 0.6) is 0 Å². The van der Waals surface area contributed by atoms with Crippen LogP contribution in [0, 0.1) is 0 Å². The zero-order valence-corrected chi connectivity index (χ0v) is 11.5. The lowest BCUT2D eigenvalue weighted by molar-refractivity contribution is 0.282. The Bertz CT molecular complexity index is 182. The van der Waals surface area contributed by atoms with Crippen LogP contribution in [0.2, 0.25) is 0 Å². The summed E-state index contributed by atoms with van der Waals surface area (Å²) in [4.78, 5) is 0. The summed E-state index contributed by atoms with van der Waals surface area (Å²) in [5.41, 5.74) is 0. The Morgan fingerprint density at radius 2 is 1.24 bits per heavy atom. The van der Waals surface area contributed by atoms with Crippen LogP contribution in [-0.2, 0) is 0 Å². The van der Waals surface area contributed by atoms with Gasteiger partial charge < -0.3 is 5.11 Å². The molecular formula is C16H30O. The van der Waals surface area contributed by atoms with Gasteiger partial charge in [-0.25, -0.2) is 0 Å². The van der Waals surface area contributed by atoms with Crippen molar-refractivity contribution < 1.29 is 5.11 Å². The van der Waals surface area contributed by atoms with Crippen molar-refractivity contribution in [2.24, 2.45) is 0 Å². The van der Waals surface area contributed by atoms with E-state index in [1.54, 1.807) is 0 Å². The van der Waals surface area contributed by atoms with Crippen molar-refractivity contribution in [3.8, 4) is 0 Å². The summed E-state index contributed by atoms with van der Waals surface area (Å²) in [7, 11) is 0. The smallest absolute Gasteiger partial charge is 0.0431 e. The van der Waals surface area contributed by atoms with E-state index in [9.17, 15) is 0 Å². The van der Waals surface area contributed by atoms with Crippen molar-refractivity contribution >= 4 is 0 Å². The molecule has 0 bridgehead atoms. The van der Waals surface area contributed by atoms with Gasteiger partial charge in [0, 0.05) is 6.61 Å². The number of aliphatic hydroxyl groups is 1. The number of allylic oxidation sites excluding steroid dienone is 4. The first-order valence-electron chi connectivity index (χ1n) is 7.34. The van der Waals surface area contributed by atoms with Gasteiger partial charge in [0.2, 0.25) is 0 Å². The molecule has 0 aromatic heterocycles. The summed E-state index contributed by atoms with van der Waals surface area (Å²) >= 11 is 0. The highest BCUT2D eigenvalue weighted by Gasteiger charge is 1.90. The Labute approximate surface area is 108 Å². The molecule has 0 heterocycles. The Kier molecular flexibility index (Phi) is 14.9. The van der Waals surface area contributed by atoms with Crippen LogP contribution >= 0.6 is 0 Å². The van der Waals surface area contributed by atoms with Crippen LogP contribution in [0.15, 0.2) is 24.3 Å². The van der Waals surface area contributed by atoms with Gasteiger partial charge in [-0.1, -0.05) is 69.8 Å². The number of unbranched alkanes of at least 4 members (excludes halogenated alkanes) is 8. The zero-order chi connectivity index (χ0) is 12.6. The number of aliphatic hydroxyl groups excluding tert-OH is 1. The lowest BCUT2D eigenvalue weighted by atomic mass is 10.1. The summed E-state index contributed by atoms with van der Waals surface area (Å²) < 4.78 is 0. The molecule has 0 spiro atoms. The molecule has 0 radical (unpaired) electrons. The molecule has 0 amide bonds. The van der Waals surface area contributed by atoms with E-state index in [2.05, 4.69) is 31.2 Å². The fourth-order valence-corrected chi connectivity index (χ4v) is 1.77. The monoisotopic (exact) mass is 238 g/mol. The Balaban J connectivity index is 3.07. The summed E-state index contributed by atoms with van der Waals surface area (Å²) in [6.07, 6.45) is 21.3. The zero-order valence-electron chi connectivity index (χ0n) is 11.5. The highest BCUT2D eigenvalue weighted by molar-refractivity contribution is 5.02. The number of hydrogen-bond donors (Lipinski definition) is 1. The van der Waals surface area contributed by atoms with E-state index in [1.165, 1.54) is 57.8 Å². The molecule has 17 heavy (non-hydrogen) atoms. The molecule has 0 unspecified atom stereocenters. The second-order valence-electron chi connectivity index (χ2n) is 4.63. The molecule has 0 atom stereocenters. The van der Waals surface area contributed by atoms with Crippen molar-refractivity contribution in [1.29, 1.82) is 0 Å². The summed E-state index contributed by atoms with van der Waals surface area (Å²) in [5, 5.41) is 8.63. The van der Waals surface area contributed by atoms with Gasteiger partial charge in [-0.15, -0.1) is 0 Å². The van der Waals surface area contributed by atoms with E-state index in [0.29, 0.717) is 6.61 Å². The maximum atomic E-state index is 8.63. The Hall–Kier alpha value is -0.560. The van der Waals surface area contributed by atoms with Crippen LogP contribution in [0.25, 0.3) is 0 Å². The van der Waals surface area contributed by atoms with Gasteiger partial charge in [-0.05, 0) is 25.7 Å². The molecule has 0 aliphatic heterocycles. The molecule has 1 heteroatoms. The van der Waals surface area contributed by atoms with E-state index in [0.717, 1.165) is 6.42 Å². The topological polar surface area (TPSA) is 20.2 Å². The fraction of sp³-hybridized carbons (Fsp3) is 0.750. The third-order valence-corrected chi connectivity index (χ3v) is 2.87. The largest absolute Gasteiger partial charge is 0.396 e. The maximum absolute atomic E-state index is 8.63. The quantitative estimate of drug-likeness (QED) is 0.374. The fourth-order valence-electron chi connectivity index (χ4n) is 1.77. The van der Waals surface area contributed by atoms with Gasteiger partial charge in [0.1, 0.15) is 0 Å². The molecule has 1 nitrogen and oxygen atoms in total. The first-order valence-corrected chi connectivity index (χ1v) is 7.34. The van der Waals surface area contributed by atoms with Crippen molar-refractivity contribution in [2.75, 3.05) is 6.61 Å². The van der Waals surface area contributed by atoms with Crippen molar-refractivity contribution in [3.05, 3.63) is 24.3 Å². The van der Waals surface area contributed by atoms with Crippen LogP contribution in [0.1, 0.15) is 71.1 Å². The van der Waals surface area contributed by atoms with E-state index in [4.69, 9.17) is 5.11 Å². The van der Waals surface area contributed by atoms with Crippen molar-refractivity contribution in [3.63, 3.8) is 0 Å². The molecule has 0 saturated carbocycles. The van der Waals surface area contributed by atoms with E-state index in [-0.39, 0.29) is 0 Å². The van der Waals surface area contributed by atoms with Crippen molar-refractivity contribution in [1.82, 2.24) is 0 Å². The molecule has 1 N–H and O–H groups in total. The van der Waals surface area contributed by atoms with Crippen molar-refractivity contribution in [2.45, 2.75) is 71.1 Å². The Morgan fingerprint density at radius 3 is 1.82 bits per heavy atom. The van der Waals surface area contributed by atoms with Crippen LogP contribution in [-0.4, -0.2) is 11.7 Å². The van der Waals surface area contributed by atoms with E-state index >= 15 is 0 Å². The number of hydrogen-bond acceptors (Lipinski definition) is 1. The predicted octanol–water partition coefficient (Wildman–Crippen LogP) is 5.01. The second-order valence-corrected chi connectivity index (χ2v) is 4.63. The standard InChI is InChI=1S/C16H30O/c1-2-3-4-5-6-7-8-9-10-11-12-13-14-15-16-17/h4-7,17H,2-3,8-16H2,1H3/b5-4-,7-6-. The van der Waals surface area contributed by atoms with Gasteiger partial charge in [0.05, 0.1) is 0 Å². The van der Waals surface area contributed by atoms with Gasteiger partial charge in [-0.3, -0.25) is 0 Å². The number of rotatable bonds is 12. The van der Waals surface area contributed by atoms with Gasteiger partial charge in [0.25, 0.3) is 0 Å². The highest BCUT2D eigenvalue weighted by Crippen LogP contribution is 2.08. The van der Waals surface area contributed by atoms with Crippen LogP contribution in [0.4, 0.5) is 0 Å². The summed E-state index contributed by atoms with van der Waals surface area (Å²) in [6.45, 7) is 2.56. The molecular weight excluding hydrogens is 208 g/mol. The minimum Gasteiger partial charge on any atom is -0.396 e. The molecule has 100 valence electrons. The van der Waals surface area contributed by atoms with E-state index < -0.39 is 0 Å². The third kappa shape index (κ3) is 15.4. The summed E-state index contributed by atoms with van der Waals surface area (Å²) in [5.74, 6) is 0. The molecule has 0 rings (SSSR count). The third-order valence-electron chi connectivity index (χ3n) is 2.87. The summed E-state index contributed by atoms with van der Waals surface area (Å²) in [6, 6.07) is 0. The Morgan fingerprint density at radius 1 is 0.706 bits per heavy atom. The molecule has 0 aliphatic carbocycles. The first-order chi connectivity index (χ1) is 8.41. The van der Waals surface area contributed by atoms with Crippen LogP contribution < -0.4 is 0 Å². The minimum atomic E-state index is 0.357. The molecule has 0 fully saturated rings. The van der Waals surface area contributed by atoms with Gasteiger partial charge in [-0.2, -0.15) is 0 Å². The molecule has 0 aromatic rings. The molecule has 0 aliphatic rings. The second kappa shape index (κ2) is 15.4. The average Bonchev–Trinajstić information content (AvgIpc) is 2.35. The average molecular weight is 238 g/mol. The predicted molar refractivity (Wildman–Crippen MR) is 77.2 cm³/mol. The van der Waals surface area contributed by atoms with Gasteiger partial charge in [0.15, 0.2) is 0 Å². The lowest BCUT2D eigenvalue weighted by Gasteiger charge is -1.99. The SMILES string of the molecule is CCC/C=C\C=C/CCCCCCCCCO. The normalized spacial score (nSPS) is 11.9. The molecule has 0 saturated heterocycles. The molecule has 0 aromatic carbocycles. The minimum absolute atomic E-state index is 0.357. The van der Waals surface area contributed by atoms with Gasteiger partial charge >= 0.3 is 0 Å². The maximum Gasteiger partial charge on any atom is 0.0431 e.